The first-order valence-electron chi connectivity index (χ1n) is 5.78. The van der Waals surface area contributed by atoms with E-state index in [1.165, 1.54) is 12.1 Å². The zero-order chi connectivity index (χ0) is 16.0. The van der Waals surface area contributed by atoms with Gasteiger partial charge in [0.2, 0.25) is 11.8 Å². The number of nitrogens with one attached hydrogen (secondary N) is 1. The minimum atomic E-state index is -1.83. The molecule has 0 saturated carbocycles. The Hall–Kier alpha value is -2.97. The third-order valence-corrected chi connectivity index (χ3v) is 2.69. The average Bonchev–Trinajstić information content (AvgIpc) is 2.67. The fourth-order valence-corrected chi connectivity index (χ4v) is 1.81. The number of imide groups is 1. The molecular weight excluding hydrogens is 284 g/mol. The number of carboxylic acid groups (broad SMARTS) is 2. The van der Waals surface area contributed by atoms with Gasteiger partial charge in [0.05, 0.1) is 10.8 Å². The van der Waals surface area contributed by atoms with E-state index < -0.39 is 11.1 Å². The molecule has 21 heavy (non-hydrogen) atoms. The van der Waals surface area contributed by atoms with Gasteiger partial charge in [0.15, 0.2) is 0 Å². The van der Waals surface area contributed by atoms with Crippen molar-refractivity contribution in [3.63, 3.8) is 0 Å². The van der Waals surface area contributed by atoms with Crippen molar-refractivity contribution >= 4 is 23.7 Å². The molecule has 1 atom stereocenters. The summed E-state index contributed by atoms with van der Waals surface area (Å²) in [4.78, 5) is 40.8. The summed E-state index contributed by atoms with van der Waals surface area (Å²) in [5.74, 6) is -0.890. The number of nitro groups is 1. The summed E-state index contributed by atoms with van der Waals surface area (Å²) >= 11 is 0. The zero-order valence-corrected chi connectivity index (χ0v) is 10.7. The molecule has 2 amide bonds. The number of hydrogen-bond acceptors (Lipinski definition) is 5. The highest BCUT2D eigenvalue weighted by atomic mass is 16.6. The van der Waals surface area contributed by atoms with Crippen molar-refractivity contribution in [2.24, 2.45) is 5.92 Å². The Morgan fingerprint density at radius 2 is 1.81 bits per heavy atom. The quantitative estimate of drug-likeness (QED) is 0.428. The minimum Gasteiger partial charge on any atom is -0.450 e. The van der Waals surface area contributed by atoms with Gasteiger partial charge in [-0.15, -0.1) is 0 Å². The van der Waals surface area contributed by atoms with Gasteiger partial charge in [-0.05, 0) is 12.0 Å². The van der Waals surface area contributed by atoms with Gasteiger partial charge in [0, 0.05) is 18.6 Å². The topological polar surface area (TPSA) is 147 Å². The Morgan fingerprint density at radius 1 is 1.29 bits per heavy atom. The number of non-ortho nitro benzene ring substituents is 1. The first-order valence-corrected chi connectivity index (χ1v) is 5.78. The van der Waals surface area contributed by atoms with Gasteiger partial charge in [0.1, 0.15) is 0 Å². The third-order valence-electron chi connectivity index (χ3n) is 2.69. The first-order chi connectivity index (χ1) is 9.79. The van der Waals surface area contributed by atoms with E-state index in [1.54, 1.807) is 12.1 Å². The van der Waals surface area contributed by atoms with Gasteiger partial charge >= 0.3 is 6.16 Å². The molecule has 1 aromatic rings. The van der Waals surface area contributed by atoms with E-state index in [0.29, 0.717) is 6.42 Å². The maximum absolute atomic E-state index is 11.3. The average molecular weight is 296 g/mol. The van der Waals surface area contributed by atoms with Gasteiger partial charge in [-0.3, -0.25) is 25.0 Å². The Bertz CT molecular complexity index is 563. The van der Waals surface area contributed by atoms with Gasteiger partial charge in [-0.25, -0.2) is 4.79 Å². The Morgan fingerprint density at radius 3 is 2.19 bits per heavy atom. The van der Waals surface area contributed by atoms with E-state index in [4.69, 9.17) is 15.0 Å². The Labute approximate surface area is 118 Å². The van der Waals surface area contributed by atoms with Crippen molar-refractivity contribution in [3.8, 4) is 0 Å². The highest BCUT2D eigenvalue weighted by Gasteiger charge is 2.30. The van der Waals surface area contributed by atoms with Crippen LogP contribution in [0.2, 0.25) is 0 Å². The van der Waals surface area contributed by atoms with Crippen molar-refractivity contribution < 1.29 is 29.5 Å². The van der Waals surface area contributed by atoms with Crippen LogP contribution >= 0.6 is 0 Å². The minimum absolute atomic E-state index is 0.0145. The largest absolute Gasteiger partial charge is 0.503 e. The van der Waals surface area contributed by atoms with E-state index in [1.807, 2.05) is 0 Å². The Kier molecular flexibility index (Phi) is 5.35. The van der Waals surface area contributed by atoms with Crippen LogP contribution in [-0.4, -0.2) is 33.1 Å². The molecule has 1 fully saturated rings. The van der Waals surface area contributed by atoms with E-state index in [9.17, 15) is 19.7 Å². The molecule has 2 rings (SSSR count). The van der Waals surface area contributed by atoms with E-state index in [2.05, 4.69) is 5.32 Å². The van der Waals surface area contributed by atoms with Crippen molar-refractivity contribution in [1.82, 2.24) is 5.32 Å². The number of hydrogen-bond donors (Lipinski definition) is 3. The molecule has 1 saturated heterocycles. The molecule has 0 bridgehead atoms. The van der Waals surface area contributed by atoms with Crippen LogP contribution in [-0.2, 0) is 16.0 Å². The molecule has 1 aliphatic rings. The van der Waals surface area contributed by atoms with Crippen LogP contribution in [0.1, 0.15) is 12.0 Å². The van der Waals surface area contributed by atoms with E-state index in [0.717, 1.165) is 5.56 Å². The van der Waals surface area contributed by atoms with Crippen molar-refractivity contribution in [2.75, 3.05) is 0 Å². The van der Waals surface area contributed by atoms with Gasteiger partial charge in [-0.1, -0.05) is 12.1 Å². The standard InChI is InChI=1S/C11H10N2O4.CH2O3/c14-10-6-8(11(15)12-10)5-7-1-3-9(4-2-7)13(16)17;2-1(3)4/h1-4,8H,5-6H2,(H,12,14,15);(H2,2,3,4). The van der Waals surface area contributed by atoms with Crippen LogP contribution in [0.4, 0.5) is 10.5 Å². The number of carbonyl (C=O) groups excluding carboxylic acids is 2. The lowest BCUT2D eigenvalue weighted by Crippen LogP contribution is -2.22. The van der Waals surface area contributed by atoms with Crippen molar-refractivity contribution in [1.29, 1.82) is 0 Å². The van der Waals surface area contributed by atoms with Crippen LogP contribution in [0.25, 0.3) is 0 Å². The molecule has 0 spiro atoms. The van der Waals surface area contributed by atoms with Gasteiger partial charge in [0.25, 0.3) is 5.69 Å². The van der Waals surface area contributed by atoms with E-state index in [-0.39, 0.29) is 29.8 Å². The summed E-state index contributed by atoms with van der Waals surface area (Å²) in [7, 11) is 0. The fraction of sp³-hybridized carbons (Fsp3) is 0.250. The number of nitro benzene ring substituents is 1. The second kappa shape index (κ2) is 6.98. The second-order valence-corrected chi connectivity index (χ2v) is 4.22. The van der Waals surface area contributed by atoms with Gasteiger partial charge < -0.3 is 10.2 Å². The number of amides is 2. The molecule has 3 N–H and O–H groups in total. The first kappa shape index (κ1) is 16.1. The number of nitrogens with zero attached hydrogens (tertiary/aromatic N) is 1. The summed E-state index contributed by atoms with van der Waals surface area (Å²) in [6.45, 7) is 0. The normalized spacial score (nSPS) is 16.7. The van der Waals surface area contributed by atoms with Crippen LogP contribution in [0.5, 0.6) is 0 Å². The van der Waals surface area contributed by atoms with Crippen molar-refractivity contribution in [2.45, 2.75) is 12.8 Å². The fourth-order valence-electron chi connectivity index (χ4n) is 1.81. The zero-order valence-electron chi connectivity index (χ0n) is 10.7. The molecule has 0 aromatic heterocycles. The SMILES string of the molecule is O=C(O)O.O=C1CC(Cc2ccc([N+](=O)[O-])cc2)C(=O)N1. The predicted octanol–water partition coefficient (Wildman–Crippen LogP) is 1.02. The molecule has 0 radical (unpaired) electrons. The monoisotopic (exact) mass is 296 g/mol. The molecule has 1 heterocycles. The third kappa shape index (κ3) is 5.27. The molecule has 0 aliphatic carbocycles. The number of benzene rings is 1. The van der Waals surface area contributed by atoms with Crippen LogP contribution < -0.4 is 5.32 Å². The maximum Gasteiger partial charge on any atom is 0.503 e. The Balaban J connectivity index is 0.000000491. The van der Waals surface area contributed by atoms with Gasteiger partial charge in [-0.2, -0.15) is 0 Å². The summed E-state index contributed by atoms with van der Waals surface area (Å²) < 4.78 is 0. The molecule has 1 aromatic carbocycles. The van der Waals surface area contributed by atoms with E-state index >= 15 is 0 Å². The second-order valence-electron chi connectivity index (χ2n) is 4.22. The van der Waals surface area contributed by atoms with Crippen molar-refractivity contribution in [3.05, 3.63) is 39.9 Å². The van der Waals surface area contributed by atoms with Crippen LogP contribution in [0.3, 0.4) is 0 Å². The van der Waals surface area contributed by atoms with Crippen LogP contribution in [0.15, 0.2) is 24.3 Å². The number of carbonyl (C=O) groups is 3. The lowest BCUT2D eigenvalue weighted by atomic mass is 9.98. The smallest absolute Gasteiger partial charge is 0.450 e. The summed E-state index contributed by atoms with van der Waals surface area (Å²) in [5, 5.41) is 26.6. The predicted molar refractivity (Wildman–Crippen MR) is 68.7 cm³/mol. The highest BCUT2D eigenvalue weighted by molar-refractivity contribution is 6.03. The lowest BCUT2D eigenvalue weighted by Gasteiger charge is -2.05. The number of rotatable bonds is 3. The van der Waals surface area contributed by atoms with Crippen LogP contribution in [0, 0.1) is 16.0 Å². The maximum atomic E-state index is 11.3. The molecule has 112 valence electrons. The molecule has 9 nitrogen and oxygen atoms in total. The highest BCUT2D eigenvalue weighted by Crippen LogP contribution is 2.19. The summed E-state index contributed by atoms with van der Waals surface area (Å²) in [6, 6.07) is 6.00. The summed E-state index contributed by atoms with van der Waals surface area (Å²) in [5.41, 5.74) is 0.825. The molecule has 9 heteroatoms. The molecule has 1 unspecified atom stereocenters. The molecule has 1 aliphatic heterocycles. The molecular formula is C12H12N2O7. The lowest BCUT2D eigenvalue weighted by molar-refractivity contribution is -0.384. The summed E-state index contributed by atoms with van der Waals surface area (Å²) in [6.07, 6.45) is -1.22.